The number of carbonyl (C=O) groups excluding carboxylic acids is 2. The predicted octanol–water partition coefficient (Wildman–Crippen LogP) is 4.78. The highest BCUT2D eigenvalue weighted by Crippen LogP contribution is 2.28. The maximum absolute atomic E-state index is 13.5. The maximum Gasteiger partial charge on any atom is 0.261 e. The van der Waals surface area contributed by atoms with E-state index >= 15 is 0 Å². The molecule has 0 saturated carbocycles. The van der Waals surface area contributed by atoms with Gasteiger partial charge in [-0.05, 0) is 23.3 Å². The van der Waals surface area contributed by atoms with E-state index in [2.05, 4.69) is 5.32 Å². The Morgan fingerprint density at radius 2 is 1.56 bits per heavy atom. The van der Waals surface area contributed by atoms with Crippen molar-refractivity contribution in [3.05, 3.63) is 87.9 Å². The molecule has 0 spiro atoms. The molecule has 0 aliphatic carbocycles. The molecule has 7 nitrogen and oxygen atoms in total. The standard InChI is InChI=1S/C27H28Cl2N2O5/c1-30-27(33)25(11-18-7-5-4-6-8-18)31(16-19-9-10-20(28)12-24(19)29)26(32)17-36-23-14-21(34-2)13-22(15-23)35-3/h4-10,12-15,25H,11,16-17H2,1-3H3,(H,30,33)/t25-/m1/s1. The molecule has 9 heteroatoms. The van der Waals surface area contributed by atoms with Crippen molar-refractivity contribution in [2.45, 2.75) is 19.0 Å². The number of hydrogen-bond donors (Lipinski definition) is 1. The molecular formula is C27H28Cl2N2O5. The molecule has 0 heterocycles. The van der Waals surface area contributed by atoms with Gasteiger partial charge in [0.25, 0.3) is 5.91 Å². The summed E-state index contributed by atoms with van der Waals surface area (Å²) in [6, 6.07) is 18.7. The number of amides is 2. The predicted molar refractivity (Wildman–Crippen MR) is 140 cm³/mol. The van der Waals surface area contributed by atoms with Gasteiger partial charge in [0.2, 0.25) is 5.91 Å². The van der Waals surface area contributed by atoms with Crippen molar-refractivity contribution in [3.63, 3.8) is 0 Å². The van der Waals surface area contributed by atoms with Gasteiger partial charge in [-0.15, -0.1) is 0 Å². The zero-order valence-electron chi connectivity index (χ0n) is 20.3. The van der Waals surface area contributed by atoms with Crippen molar-refractivity contribution in [3.8, 4) is 17.2 Å². The highest BCUT2D eigenvalue weighted by atomic mass is 35.5. The van der Waals surface area contributed by atoms with E-state index in [4.69, 9.17) is 37.4 Å². The van der Waals surface area contributed by atoms with Crippen LogP contribution < -0.4 is 19.5 Å². The lowest BCUT2D eigenvalue weighted by Gasteiger charge is -2.31. The summed E-state index contributed by atoms with van der Waals surface area (Å²) in [5, 5.41) is 3.55. The number of halogens is 2. The minimum Gasteiger partial charge on any atom is -0.496 e. The molecule has 3 aromatic carbocycles. The molecule has 0 aliphatic heterocycles. The summed E-state index contributed by atoms with van der Waals surface area (Å²) in [7, 11) is 4.59. The third-order valence-electron chi connectivity index (χ3n) is 5.56. The van der Waals surface area contributed by atoms with E-state index in [9.17, 15) is 9.59 Å². The Morgan fingerprint density at radius 1 is 0.917 bits per heavy atom. The Labute approximate surface area is 220 Å². The Kier molecular flexibility index (Phi) is 9.85. The summed E-state index contributed by atoms with van der Waals surface area (Å²) in [6.07, 6.45) is 0.310. The number of ether oxygens (including phenoxy) is 3. The van der Waals surface area contributed by atoms with E-state index in [1.54, 1.807) is 36.4 Å². The van der Waals surface area contributed by atoms with Crippen molar-refractivity contribution in [1.29, 1.82) is 0 Å². The number of benzene rings is 3. The second-order valence-electron chi connectivity index (χ2n) is 7.91. The van der Waals surface area contributed by atoms with Crippen LogP contribution in [-0.4, -0.2) is 50.6 Å². The minimum atomic E-state index is -0.805. The summed E-state index contributed by atoms with van der Waals surface area (Å²) in [5.74, 6) is 0.735. The molecule has 3 rings (SSSR count). The topological polar surface area (TPSA) is 77.1 Å². The molecule has 1 N–H and O–H groups in total. The molecule has 0 unspecified atom stereocenters. The molecule has 2 amide bonds. The fourth-order valence-corrected chi connectivity index (χ4v) is 4.11. The third-order valence-corrected chi connectivity index (χ3v) is 6.15. The van der Waals surface area contributed by atoms with Crippen LogP contribution >= 0.6 is 23.2 Å². The lowest BCUT2D eigenvalue weighted by atomic mass is 10.0. The molecule has 0 fully saturated rings. The van der Waals surface area contributed by atoms with Crippen molar-refractivity contribution in [2.75, 3.05) is 27.9 Å². The molecule has 0 saturated heterocycles. The summed E-state index contributed by atoms with van der Waals surface area (Å²) < 4.78 is 16.3. The lowest BCUT2D eigenvalue weighted by molar-refractivity contribution is -0.142. The van der Waals surface area contributed by atoms with Gasteiger partial charge in [0, 0.05) is 48.3 Å². The molecule has 36 heavy (non-hydrogen) atoms. The molecule has 1 atom stereocenters. The van der Waals surface area contributed by atoms with E-state index < -0.39 is 11.9 Å². The van der Waals surface area contributed by atoms with Crippen LogP contribution in [0.2, 0.25) is 10.0 Å². The van der Waals surface area contributed by atoms with E-state index in [-0.39, 0.29) is 19.1 Å². The van der Waals surface area contributed by atoms with Crippen LogP contribution in [0, 0.1) is 0 Å². The zero-order valence-corrected chi connectivity index (χ0v) is 21.8. The second-order valence-corrected chi connectivity index (χ2v) is 8.76. The van der Waals surface area contributed by atoms with Crippen molar-refractivity contribution in [1.82, 2.24) is 10.2 Å². The van der Waals surface area contributed by atoms with Gasteiger partial charge in [-0.2, -0.15) is 0 Å². The number of hydrogen-bond acceptors (Lipinski definition) is 5. The van der Waals surface area contributed by atoms with Gasteiger partial charge in [0.15, 0.2) is 6.61 Å². The van der Waals surface area contributed by atoms with E-state index in [1.165, 1.54) is 26.2 Å². The van der Waals surface area contributed by atoms with E-state index in [1.807, 2.05) is 30.3 Å². The number of likely N-dealkylation sites (N-methyl/N-ethyl adjacent to an activating group) is 1. The normalized spacial score (nSPS) is 11.4. The van der Waals surface area contributed by atoms with Gasteiger partial charge in [-0.3, -0.25) is 9.59 Å². The van der Waals surface area contributed by atoms with Crippen LogP contribution in [0.5, 0.6) is 17.2 Å². The number of nitrogens with zero attached hydrogens (tertiary/aromatic N) is 1. The lowest BCUT2D eigenvalue weighted by Crippen LogP contribution is -2.51. The molecule has 0 bridgehead atoms. The fourth-order valence-electron chi connectivity index (χ4n) is 3.65. The van der Waals surface area contributed by atoms with Gasteiger partial charge in [-0.25, -0.2) is 0 Å². The Balaban J connectivity index is 1.91. The summed E-state index contributed by atoms with van der Waals surface area (Å²) in [5.41, 5.74) is 1.56. The quantitative estimate of drug-likeness (QED) is 0.386. The number of rotatable bonds is 11. The van der Waals surface area contributed by atoms with Crippen molar-refractivity contribution >= 4 is 35.0 Å². The van der Waals surface area contributed by atoms with Gasteiger partial charge < -0.3 is 24.4 Å². The van der Waals surface area contributed by atoms with Crippen molar-refractivity contribution < 1.29 is 23.8 Å². The highest BCUT2D eigenvalue weighted by molar-refractivity contribution is 6.35. The van der Waals surface area contributed by atoms with E-state index in [0.29, 0.717) is 39.3 Å². The molecule has 0 aromatic heterocycles. The van der Waals surface area contributed by atoms with Crippen LogP contribution in [0.25, 0.3) is 0 Å². The fraction of sp³-hybridized carbons (Fsp3) is 0.259. The summed E-state index contributed by atoms with van der Waals surface area (Å²) in [4.78, 5) is 28.0. The monoisotopic (exact) mass is 530 g/mol. The van der Waals surface area contributed by atoms with Crippen LogP contribution in [0.3, 0.4) is 0 Å². The first-order valence-corrected chi connectivity index (χ1v) is 11.9. The van der Waals surface area contributed by atoms with Crippen LogP contribution in [0.1, 0.15) is 11.1 Å². The molecular weight excluding hydrogens is 503 g/mol. The molecule has 0 aliphatic rings. The summed E-state index contributed by atoms with van der Waals surface area (Å²) in [6.45, 7) is -0.228. The first-order valence-electron chi connectivity index (χ1n) is 11.2. The van der Waals surface area contributed by atoms with E-state index in [0.717, 1.165) is 5.56 Å². The smallest absolute Gasteiger partial charge is 0.261 e. The third kappa shape index (κ3) is 7.29. The van der Waals surface area contributed by atoms with Gasteiger partial charge >= 0.3 is 0 Å². The van der Waals surface area contributed by atoms with Crippen LogP contribution in [0.4, 0.5) is 0 Å². The second kappa shape index (κ2) is 13.0. The average molecular weight is 531 g/mol. The number of methoxy groups -OCH3 is 2. The highest BCUT2D eigenvalue weighted by Gasteiger charge is 2.30. The molecule has 0 radical (unpaired) electrons. The van der Waals surface area contributed by atoms with Crippen LogP contribution in [-0.2, 0) is 22.6 Å². The number of nitrogens with one attached hydrogen (secondary N) is 1. The van der Waals surface area contributed by atoms with Crippen molar-refractivity contribution in [2.24, 2.45) is 0 Å². The van der Waals surface area contributed by atoms with Gasteiger partial charge in [-0.1, -0.05) is 59.6 Å². The minimum absolute atomic E-state index is 0.0878. The first kappa shape index (κ1) is 27.2. The summed E-state index contributed by atoms with van der Waals surface area (Å²) >= 11 is 12.5. The maximum atomic E-state index is 13.5. The Morgan fingerprint density at radius 3 is 2.14 bits per heavy atom. The SMILES string of the molecule is CNC(=O)[C@@H](Cc1ccccc1)N(Cc1ccc(Cl)cc1Cl)C(=O)COc1cc(OC)cc(OC)c1. The van der Waals surface area contributed by atoms with Gasteiger partial charge in [0.1, 0.15) is 23.3 Å². The Hall–Kier alpha value is -3.42. The number of carbonyl (C=O) groups is 2. The Bertz CT molecular complexity index is 1170. The first-order chi connectivity index (χ1) is 17.3. The molecule has 3 aromatic rings. The zero-order chi connectivity index (χ0) is 26.1. The van der Waals surface area contributed by atoms with Gasteiger partial charge in [0.05, 0.1) is 14.2 Å². The largest absolute Gasteiger partial charge is 0.496 e. The molecule has 190 valence electrons. The van der Waals surface area contributed by atoms with Crippen LogP contribution in [0.15, 0.2) is 66.7 Å². The average Bonchev–Trinajstić information content (AvgIpc) is 2.90.